The summed E-state index contributed by atoms with van der Waals surface area (Å²) in [5, 5.41) is 6.24. The molecule has 2 saturated heterocycles. The summed E-state index contributed by atoms with van der Waals surface area (Å²) in [6.07, 6.45) is 5.25. The van der Waals surface area contributed by atoms with Crippen LogP contribution in [0.4, 0.5) is 4.79 Å². The lowest BCUT2D eigenvalue weighted by Crippen LogP contribution is -2.51. The molecule has 4 N–H and O–H groups in total. The van der Waals surface area contributed by atoms with Gasteiger partial charge in [0, 0.05) is 25.7 Å². The molecule has 10 nitrogen and oxygen atoms in total. The Hall–Kier alpha value is -4.52. The van der Waals surface area contributed by atoms with Crippen LogP contribution >= 0.6 is 22.7 Å². The predicted octanol–water partition coefficient (Wildman–Crippen LogP) is 8.03. The molecule has 12 heteroatoms. The van der Waals surface area contributed by atoms with Crippen LogP contribution in [0.1, 0.15) is 63.3 Å². The molecule has 4 aromatic heterocycles. The molecule has 2 aliphatic rings. The van der Waals surface area contributed by atoms with E-state index in [9.17, 15) is 9.59 Å². The molecule has 3 unspecified atom stereocenters. The lowest BCUT2D eigenvalue weighted by atomic mass is 10.0. The summed E-state index contributed by atoms with van der Waals surface area (Å²) in [5.74, 6) is 1.61. The first kappa shape index (κ1) is 31.7. The minimum Gasteiger partial charge on any atom is -0.453 e. The quantitative estimate of drug-likeness (QED) is 0.128. The summed E-state index contributed by atoms with van der Waals surface area (Å²) in [6, 6.07) is 19.2. The maximum atomic E-state index is 13.5. The number of amides is 2. The van der Waals surface area contributed by atoms with E-state index >= 15 is 0 Å². The molecule has 2 aromatic carbocycles. The highest BCUT2D eigenvalue weighted by molar-refractivity contribution is 7.31. The van der Waals surface area contributed by atoms with E-state index in [1.54, 1.807) is 0 Å². The Labute approximate surface area is 292 Å². The number of alkyl carbamates (subject to hydrolysis) is 1. The number of aromatic amines is 2. The molecule has 0 aliphatic carbocycles. The second-order valence-corrected chi connectivity index (χ2v) is 15.4. The summed E-state index contributed by atoms with van der Waals surface area (Å²) >= 11 is 3.64. The number of benzene rings is 2. The average molecular weight is 694 g/mol. The van der Waals surface area contributed by atoms with Crippen molar-refractivity contribution in [3.05, 3.63) is 72.4 Å². The van der Waals surface area contributed by atoms with Gasteiger partial charge in [0.25, 0.3) is 0 Å². The summed E-state index contributed by atoms with van der Waals surface area (Å²) < 4.78 is 7.33. The van der Waals surface area contributed by atoms with Gasteiger partial charge in [-0.05, 0) is 79.1 Å². The molecule has 8 rings (SSSR count). The van der Waals surface area contributed by atoms with Gasteiger partial charge in [-0.3, -0.25) is 4.79 Å². The lowest BCUT2D eigenvalue weighted by molar-refractivity contribution is -0.135. The molecule has 252 valence electrons. The number of likely N-dealkylation sites (tertiary alicyclic amines) is 1. The van der Waals surface area contributed by atoms with Crippen molar-refractivity contribution < 1.29 is 14.3 Å². The van der Waals surface area contributed by atoms with E-state index in [0.717, 1.165) is 59.7 Å². The maximum Gasteiger partial charge on any atom is 0.407 e. The minimum atomic E-state index is -0.659. The zero-order valence-corrected chi connectivity index (χ0v) is 29.3. The Morgan fingerprint density at radius 3 is 2.37 bits per heavy atom. The number of nitrogens with zero attached hydrogens (tertiary/aromatic N) is 3. The molecule has 0 saturated carbocycles. The summed E-state index contributed by atoms with van der Waals surface area (Å²) in [5.41, 5.74) is 6.44. The molecule has 2 fully saturated rings. The van der Waals surface area contributed by atoms with Gasteiger partial charge in [0.1, 0.15) is 17.7 Å². The van der Waals surface area contributed by atoms with Crippen molar-refractivity contribution in [1.82, 2.24) is 35.5 Å². The number of carbonyl (C=O) groups excluding carboxylic acids is 2. The third-order valence-corrected chi connectivity index (χ3v) is 12.1. The van der Waals surface area contributed by atoms with Gasteiger partial charge in [-0.1, -0.05) is 44.2 Å². The third-order valence-electron chi connectivity index (χ3n) is 9.70. The molecular weight excluding hydrogens is 655 g/mol. The van der Waals surface area contributed by atoms with Crippen molar-refractivity contribution in [1.29, 1.82) is 0 Å². The van der Waals surface area contributed by atoms with Gasteiger partial charge in [-0.25, -0.2) is 14.8 Å². The van der Waals surface area contributed by atoms with E-state index in [2.05, 4.69) is 75.2 Å². The van der Waals surface area contributed by atoms with Crippen LogP contribution in [-0.2, 0) is 9.53 Å². The average Bonchev–Trinajstić information content (AvgIpc) is 3.95. The first-order valence-electron chi connectivity index (χ1n) is 16.9. The highest BCUT2D eigenvalue weighted by Crippen LogP contribution is 2.42. The molecule has 2 aliphatic heterocycles. The summed E-state index contributed by atoms with van der Waals surface area (Å²) in [7, 11) is 1.30. The van der Waals surface area contributed by atoms with Crippen LogP contribution in [0, 0.1) is 5.92 Å². The maximum absolute atomic E-state index is 13.5. The monoisotopic (exact) mass is 693 g/mol. The molecule has 0 radical (unpaired) electrons. The first-order chi connectivity index (χ1) is 23.8. The van der Waals surface area contributed by atoms with Crippen molar-refractivity contribution in [3.63, 3.8) is 0 Å². The number of imidazole rings is 2. The molecule has 6 aromatic rings. The Bertz CT molecular complexity index is 2110. The number of ether oxygens (including phenoxy) is 1. The Morgan fingerprint density at radius 2 is 1.65 bits per heavy atom. The zero-order chi connectivity index (χ0) is 33.6. The second-order valence-electron chi connectivity index (χ2n) is 13.3. The Balaban J connectivity index is 0.964. The van der Waals surface area contributed by atoms with E-state index in [0.29, 0.717) is 12.6 Å². The van der Waals surface area contributed by atoms with E-state index in [4.69, 9.17) is 14.7 Å². The number of fused-ring (bicyclic) bond motifs is 2. The van der Waals surface area contributed by atoms with E-state index in [1.165, 1.54) is 43.8 Å². The van der Waals surface area contributed by atoms with Gasteiger partial charge >= 0.3 is 6.09 Å². The van der Waals surface area contributed by atoms with E-state index in [1.807, 2.05) is 47.6 Å². The number of thiophene rings is 2. The molecular formula is C37H39N7O3S2. The van der Waals surface area contributed by atoms with Crippen LogP contribution in [0.3, 0.4) is 0 Å². The minimum absolute atomic E-state index is 0.0788. The highest BCUT2D eigenvalue weighted by Gasteiger charge is 2.37. The number of hydrogen-bond donors (Lipinski definition) is 4. The molecule has 49 heavy (non-hydrogen) atoms. The standard InChI is InChI=1S/C37H39N7O3S2/c1-20(2)33(43-37(46)47-3)36(45)44-15-5-7-28(44)35-39-19-27(42-35)21-8-10-22(11-9-21)29-17-31-32(48-29)18-30(49-31)23-12-13-24-26(16-23)41-34(40-24)25-6-4-14-38-25/h8-13,16-20,25,28,33,38H,4-7,14-15H2,1-3H3,(H,39,42)(H,40,41)(H,43,46). The highest BCUT2D eigenvalue weighted by atomic mass is 32.1. The van der Waals surface area contributed by atoms with Crippen LogP contribution in [-0.4, -0.2) is 63.1 Å². The number of aromatic nitrogens is 4. The summed E-state index contributed by atoms with van der Waals surface area (Å²) in [4.78, 5) is 46.3. The Kier molecular flexibility index (Phi) is 8.46. The van der Waals surface area contributed by atoms with Crippen LogP contribution in [0.5, 0.6) is 0 Å². The SMILES string of the molecule is COC(=O)NC(C(=O)N1CCCC1c1ncc(-c2ccc(-c3cc4sc(-c5ccc6nc(C7CCCN7)[nH]c6c5)cc4s3)cc2)[nH]1)C(C)C. The molecule has 3 atom stereocenters. The predicted molar refractivity (Wildman–Crippen MR) is 196 cm³/mol. The van der Waals surface area contributed by atoms with Crippen molar-refractivity contribution >= 4 is 55.1 Å². The number of rotatable bonds is 8. The first-order valence-corrected chi connectivity index (χ1v) is 18.6. The third kappa shape index (κ3) is 6.13. The van der Waals surface area contributed by atoms with Gasteiger partial charge in [0.2, 0.25) is 5.91 Å². The van der Waals surface area contributed by atoms with Gasteiger partial charge in [-0.15, -0.1) is 22.7 Å². The molecule has 0 spiro atoms. The van der Waals surface area contributed by atoms with E-state index < -0.39 is 12.1 Å². The lowest BCUT2D eigenvalue weighted by Gasteiger charge is -2.30. The molecule has 2 amide bonds. The van der Waals surface area contributed by atoms with E-state index in [-0.39, 0.29) is 17.9 Å². The molecule has 6 heterocycles. The molecule has 0 bridgehead atoms. The summed E-state index contributed by atoms with van der Waals surface area (Å²) in [6.45, 7) is 5.52. The number of H-pyrrole nitrogens is 2. The Morgan fingerprint density at radius 1 is 0.918 bits per heavy atom. The second kappa shape index (κ2) is 13.1. The van der Waals surface area contributed by atoms with Gasteiger partial charge < -0.3 is 30.2 Å². The zero-order valence-electron chi connectivity index (χ0n) is 27.7. The van der Waals surface area contributed by atoms with Gasteiger partial charge in [0.15, 0.2) is 0 Å². The smallest absolute Gasteiger partial charge is 0.407 e. The fourth-order valence-corrected chi connectivity index (χ4v) is 9.44. The topological polar surface area (TPSA) is 128 Å². The largest absolute Gasteiger partial charge is 0.453 e. The van der Waals surface area contributed by atoms with Gasteiger partial charge in [0.05, 0.1) is 42.1 Å². The number of methoxy groups -OCH3 is 1. The van der Waals surface area contributed by atoms with Crippen LogP contribution < -0.4 is 10.6 Å². The van der Waals surface area contributed by atoms with Crippen molar-refractivity contribution in [2.45, 2.75) is 57.7 Å². The number of hydrogen-bond acceptors (Lipinski definition) is 8. The van der Waals surface area contributed by atoms with Crippen molar-refractivity contribution in [2.24, 2.45) is 5.92 Å². The van der Waals surface area contributed by atoms with Crippen molar-refractivity contribution in [3.8, 4) is 32.1 Å². The number of nitrogens with one attached hydrogen (secondary N) is 4. The fraction of sp³-hybridized carbons (Fsp3) is 0.351. The fourth-order valence-electron chi connectivity index (χ4n) is 7.05. The van der Waals surface area contributed by atoms with Gasteiger partial charge in [-0.2, -0.15) is 0 Å². The van der Waals surface area contributed by atoms with Crippen LogP contribution in [0.15, 0.2) is 60.8 Å². The van der Waals surface area contributed by atoms with Crippen LogP contribution in [0.2, 0.25) is 0 Å². The van der Waals surface area contributed by atoms with Crippen LogP contribution in [0.25, 0.3) is 52.6 Å². The van der Waals surface area contributed by atoms with Crippen molar-refractivity contribution in [2.75, 3.05) is 20.2 Å². The normalized spacial score (nSPS) is 18.6. The number of carbonyl (C=O) groups is 2.